The number of benzene rings is 1. The molecule has 0 saturated carbocycles. The zero-order valence-corrected chi connectivity index (χ0v) is 13.1. The molecule has 1 aliphatic heterocycles. The molecule has 1 heterocycles. The lowest BCUT2D eigenvalue weighted by molar-refractivity contribution is 0.101. The van der Waals surface area contributed by atoms with Crippen LogP contribution in [0.5, 0.6) is 0 Å². The van der Waals surface area contributed by atoms with E-state index in [0.717, 1.165) is 11.4 Å². The number of carbonyl (C=O) groups excluding carboxylic acids is 1. The van der Waals surface area contributed by atoms with Crippen molar-refractivity contribution >= 4 is 38.8 Å². The highest BCUT2D eigenvalue weighted by Gasteiger charge is 2.31. The first-order chi connectivity index (χ1) is 9.30. The molecule has 1 aliphatic rings. The Morgan fingerprint density at radius 3 is 2.75 bits per heavy atom. The predicted octanol–water partition coefficient (Wildman–Crippen LogP) is 1.40. The number of anilines is 2. The number of sulfone groups is 1. The minimum absolute atomic E-state index is 0.119. The SMILES string of the molecule is CC(=O)c1cc(N2CCSCC2S(C)(=O)=O)ccc1N. The zero-order valence-electron chi connectivity index (χ0n) is 11.5. The van der Waals surface area contributed by atoms with Crippen LogP contribution in [-0.2, 0) is 9.84 Å². The minimum Gasteiger partial charge on any atom is -0.398 e. The number of thioether (sulfide) groups is 1. The summed E-state index contributed by atoms with van der Waals surface area (Å²) < 4.78 is 23.8. The highest BCUT2D eigenvalue weighted by Crippen LogP contribution is 2.29. The Labute approximate surface area is 123 Å². The maximum atomic E-state index is 11.9. The predicted molar refractivity (Wildman–Crippen MR) is 84.2 cm³/mol. The first-order valence-electron chi connectivity index (χ1n) is 6.24. The average Bonchev–Trinajstić information content (AvgIpc) is 2.38. The van der Waals surface area contributed by atoms with Gasteiger partial charge in [0.05, 0.1) is 0 Å². The molecule has 20 heavy (non-hydrogen) atoms. The van der Waals surface area contributed by atoms with Crippen molar-refractivity contribution in [3.8, 4) is 0 Å². The summed E-state index contributed by atoms with van der Waals surface area (Å²) in [6, 6.07) is 5.12. The van der Waals surface area contributed by atoms with E-state index in [0.29, 0.717) is 23.5 Å². The largest absolute Gasteiger partial charge is 0.398 e. The van der Waals surface area contributed by atoms with Crippen molar-refractivity contribution in [2.24, 2.45) is 0 Å². The fourth-order valence-electron chi connectivity index (χ4n) is 2.26. The third kappa shape index (κ3) is 3.09. The van der Waals surface area contributed by atoms with Gasteiger partial charge in [0.25, 0.3) is 0 Å². The summed E-state index contributed by atoms with van der Waals surface area (Å²) in [4.78, 5) is 13.4. The summed E-state index contributed by atoms with van der Waals surface area (Å²) in [5.74, 6) is 1.29. The van der Waals surface area contributed by atoms with Gasteiger partial charge in [-0.3, -0.25) is 4.79 Å². The molecular weight excluding hydrogens is 296 g/mol. The lowest BCUT2D eigenvalue weighted by atomic mass is 10.1. The Bertz CT molecular complexity index is 629. The molecule has 5 nitrogen and oxygen atoms in total. The van der Waals surface area contributed by atoms with Crippen LogP contribution in [0.3, 0.4) is 0 Å². The lowest BCUT2D eigenvalue weighted by Crippen LogP contribution is -2.47. The molecule has 2 N–H and O–H groups in total. The number of rotatable bonds is 3. The van der Waals surface area contributed by atoms with Crippen LogP contribution in [0, 0.1) is 0 Å². The molecule has 1 aromatic rings. The monoisotopic (exact) mass is 314 g/mol. The smallest absolute Gasteiger partial charge is 0.169 e. The van der Waals surface area contributed by atoms with Crippen molar-refractivity contribution in [1.29, 1.82) is 0 Å². The molecule has 1 unspecified atom stereocenters. The van der Waals surface area contributed by atoms with E-state index >= 15 is 0 Å². The number of ketones is 1. The second kappa shape index (κ2) is 5.65. The number of carbonyl (C=O) groups is 1. The van der Waals surface area contributed by atoms with Crippen molar-refractivity contribution in [1.82, 2.24) is 0 Å². The van der Waals surface area contributed by atoms with Crippen LogP contribution < -0.4 is 10.6 Å². The first kappa shape index (κ1) is 15.2. The second-order valence-corrected chi connectivity index (χ2v) is 8.23. The van der Waals surface area contributed by atoms with E-state index in [-0.39, 0.29) is 5.78 Å². The molecule has 0 aliphatic carbocycles. The van der Waals surface area contributed by atoms with Crippen LogP contribution in [0.2, 0.25) is 0 Å². The fourth-order valence-corrected chi connectivity index (χ4v) is 5.10. The van der Waals surface area contributed by atoms with Crippen molar-refractivity contribution in [3.63, 3.8) is 0 Å². The molecule has 0 spiro atoms. The average molecular weight is 314 g/mol. The topological polar surface area (TPSA) is 80.5 Å². The van der Waals surface area contributed by atoms with Crippen molar-refractivity contribution in [3.05, 3.63) is 23.8 Å². The molecule has 0 aromatic heterocycles. The second-order valence-electron chi connectivity index (χ2n) is 4.88. The molecule has 1 atom stereocenters. The number of hydrogen-bond donors (Lipinski definition) is 1. The number of hydrogen-bond acceptors (Lipinski definition) is 6. The van der Waals surface area contributed by atoms with Gasteiger partial charge in [0.2, 0.25) is 0 Å². The van der Waals surface area contributed by atoms with E-state index in [4.69, 9.17) is 5.73 Å². The number of nitrogens with two attached hydrogens (primary N) is 1. The minimum atomic E-state index is -3.18. The summed E-state index contributed by atoms with van der Waals surface area (Å²) in [5, 5.41) is -0.551. The van der Waals surface area contributed by atoms with E-state index in [2.05, 4.69) is 0 Å². The fraction of sp³-hybridized carbons (Fsp3) is 0.462. The van der Waals surface area contributed by atoms with Crippen molar-refractivity contribution < 1.29 is 13.2 Å². The first-order valence-corrected chi connectivity index (χ1v) is 9.35. The molecule has 2 rings (SSSR count). The number of Topliss-reactive ketones (excluding diaryl/α,β-unsaturated/α-hetero) is 1. The Morgan fingerprint density at radius 1 is 1.45 bits per heavy atom. The summed E-state index contributed by atoms with van der Waals surface area (Å²) in [6.07, 6.45) is 1.25. The van der Waals surface area contributed by atoms with Gasteiger partial charge in [-0.2, -0.15) is 11.8 Å². The summed E-state index contributed by atoms with van der Waals surface area (Å²) in [6.45, 7) is 2.10. The van der Waals surface area contributed by atoms with Crippen LogP contribution >= 0.6 is 11.8 Å². The molecule has 110 valence electrons. The van der Waals surface area contributed by atoms with Gasteiger partial charge in [0.1, 0.15) is 5.37 Å². The van der Waals surface area contributed by atoms with Gasteiger partial charge in [-0.05, 0) is 25.1 Å². The van der Waals surface area contributed by atoms with Gasteiger partial charge in [-0.1, -0.05) is 0 Å². The number of nitrogen functional groups attached to an aromatic ring is 1. The Balaban J connectivity index is 2.43. The van der Waals surface area contributed by atoms with E-state index in [9.17, 15) is 13.2 Å². The summed E-state index contributed by atoms with van der Waals surface area (Å²) in [5.41, 5.74) is 7.37. The highest BCUT2D eigenvalue weighted by atomic mass is 32.2. The number of nitrogens with zero attached hydrogens (tertiary/aromatic N) is 1. The van der Waals surface area contributed by atoms with Crippen LogP contribution in [0.4, 0.5) is 11.4 Å². The zero-order chi connectivity index (χ0) is 14.9. The highest BCUT2D eigenvalue weighted by molar-refractivity contribution is 8.01. The van der Waals surface area contributed by atoms with Crippen molar-refractivity contribution in [2.75, 3.05) is 34.9 Å². The maximum absolute atomic E-state index is 11.9. The van der Waals surface area contributed by atoms with Gasteiger partial charge in [-0.15, -0.1) is 0 Å². The van der Waals surface area contributed by atoms with Gasteiger partial charge in [0, 0.05) is 41.2 Å². The molecule has 1 fully saturated rings. The Hall–Kier alpha value is -1.21. The quantitative estimate of drug-likeness (QED) is 0.671. The standard InChI is InChI=1S/C13H18N2O3S2/c1-9(16)11-7-10(3-4-12(11)14)15-5-6-19-8-13(15)20(2,17)18/h3-4,7,13H,5-6,8,14H2,1-2H3. The summed E-state index contributed by atoms with van der Waals surface area (Å²) in [7, 11) is -3.18. The van der Waals surface area contributed by atoms with Crippen LogP contribution in [0.15, 0.2) is 18.2 Å². The molecule has 0 bridgehead atoms. The van der Waals surface area contributed by atoms with Gasteiger partial charge < -0.3 is 10.6 Å². The van der Waals surface area contributed by atoms with Crippen LogP contribution in [-0.4, -0.2) is 43.9 Å². The summed E-state index contributed by atoms with van der Waals surface area (Å²) >= 11 is 1.63. The lowest BCUT2D eigenvalue weighted by Gasteiger charge is -2.36. The van der Waals surface area contributed by atoms with Gasteiger partial charge in [0.15, 0.2) is 15.6 Å². The van der Waals surface area contributed by atoms with Crippen molar-refractivity contribution in [2.45, 2.75) is 12.3 Å². The maximum Gasteiger partial charge on any atom is 0.169 e. The molecule has 0 amide bonds. The van der Waals surface area contributed by atoms with Crippen LogP contribution in [0.1, 0.15) is 17.3 Å². The van der Waals surface area contributed by atoms with E-state index in [1.165, 1.54) is 13.2 Å². The van der Waals surface area contributed by atoms with Gasteiger partial charge >= 0.3 is 0 Å². The normalized spacial score (nSPS) is 19.9. The van der Waals surface area contributed by atoms with E-state index in [1.54, 1.807) is 30.0 Å². The molecule has 0 radical (unpaired) electrons. The molecule has 7 heteroatoms. The van der Waals surface area contributed by atoms with Crippen LogP contribution in [0.25, 0.3) is 0 Å². The Kier molecular flexibility index (Phi) is 4.29. The molecule has 1 saturated heterocycles. The van der Waals surface area contributed by atoms with Gasteiger partial charge in [-0.25, -0.2) is 8.42 Å². The molecule has 1 aromatic carbocycles. The third-order valence-corrected chi connectivity index (χ3v) is 5.97. The Morgan fingerprint density at radius 2 is 2.15 bits per heavy atom. The molecular formula is C13H18N2O3S2. The van der Waals surface area contributed by atoms with E-state index in [1.807, 2.05) is 4.90 Å². The van der Waals surface area contributed by atoms with E-state index < -0.39 is 15.2 Å². The third-order valence-electron chi connectivity index (χ3n) is 3.33.